The number of nitrogens with zero attached hydrogens (tertiary/aromatic N) is 1. The molecule has 0 aromatic heterocycles. The number of hydrogen-bond acceptors (Lipinski definition) is 4. The Balaban J connectivity index is 2.30. The van der Waals surface area contributed by atoms with Crippen LogP contribution in [0.15, 0.2) is 4.99 Å². The van der Waals surface area contributed by atoms with Crippen molar-refractivity contribution >= 4 is 27.0 Å². The molecule has 0 saturated carbocycles. The van der Waals surface area contributed by atoms with Gasteiger partial charge in [-0.2, -0.15) is 0 Å². The van der Waals surface area contributed by atoms with Gasteiger partial charge in [0, 0.05) is 18.3 Å². The molecule has 94 valence electrons. The Morgan fingerprint density at radius 2 is 2.25 bits per heavy atom. The zero-order chi connectivity index (χ0) is 12.2. The zero-order valence-corrected chi connectivity index (χ0v) is 11.5. The minimum Gasteiger partial charge on any atom is -0.362 e. The van der Waals surface area contributed by atoms with E-state index in [1.807, 2.05) is 0 Å². The van der Waals surface area contributed by atoms with Gasteiger partial charge in [-0.25, -0.2) is 13.1 Å². The highest BCUT2D eigenvalue weighted by molar-refractivity contribution is 8.13. The molecule has 0 radical (unpaired) electrons. The molecule has 16 heavy (non-hydrogen) atoms. The zero-order valence-electron chi connectivity index (χ0n) is 9.86. The van der Waals surface area contributed by atoms with Gasteiger partial charge in [0.05, 0.1) is 12.8 Å². The summed E-state index contributed by atoms with van der Waals surface area (Å²) in [4.78, 5) is 4.31. The van der Waals surface area contributed by atoms with Gasteiger partial charge in [0.2, 0.25) is 10.0 Å². The summed E-state index contributed by atoms with van der Waals surface area (Å²) in [5, 5.41) is 4.22. The molecule has 0 bridgehead atoms. The van der Waals surface area contributed by atoms with E-state index in [0.717, 1.165) is 17.2 Å². The third kappa shape index (κ3) is 5.18. The number of thioether (sulfide) groups is 1. The lowest BCUT2D eigenvalue weighted by Crippen LogP contribution is -2.41. The van der Waals surface area contributed by atoms with Crippen LogP contribution in [0.2, 0.25) is 0 Å². The van der Waals surface area contributed by atoms with Crippen molar-refractivity contribution in [3.63, 3.8) is 0 Å². The van der Waals surface area contributed by atoms with E-state index in [1.54, 1.807) is 11.8 Å². The second-order valence-electron chi connectivity index (χ2n) is 4.07. The van der Waals surface area contributed by atoms with Crippen LogP contribution in [0.4, 0.5) is 0 Å². The molecule has 1 aliphatic rings. The summed E-state index contributed by atoms with van der Waals surface area (Å²) in [6.07, 6.45) is 1.15. The van der Waals surface area contributed by atoms with Crippen LogP contribution in [0.1, 0.15) is 13.8 Å². The van der Waals surface area contributed by atoms with Crippen LogP contribution < -0.4 is 10.0 Å². The standard InChI is InChI=1S/C9H19N3O2S2/c1-7-6-15-9(12-8(7)2)10-4-5-11-16(3,13)14/h7-8,11H,4-6H2,1-3H3,(H,10,12). The Kier molecular flexibility index (Phi) is 5.07. The average Bonchev–Trinajstić information content (AvgIpc) is 2.17. The van der Waals surface area contributed by atoms with Crippen LogP contribution in [0.5, 0.6) is 0 Å². The summed E-state index contributed by atoms with van der Waals surface area (Å²) in [7, 11) is -3.09. The van der Waals surface area contributed by atoms with Crippen LogP contribution in [0.3, 0.4) is 0 Å². The molecule has 2 unspecified atom stereocenters. The molecule has 1 heterocycles. The third-order valence-corrected chi connectivity index (χ3v) is 4.36. The molecule has 1 fully saturated rings. The summed E-state index contributed by atoms with van der Waals surface area (Å²) in [5.74, 6) is 1.70. The molecule has 1 rings (SSSR count). The largest absolute Gasteiger partial charge is 0.362 e. The van der Waals surface area contributed by atoms with Gasteiger partial charge < -0.3 is 5.32 Å². The monoisotopic (exact) mass is 265 g/mol. The number of aliphatic imine (C=N–C) groups is 1. The second-order valence-corrected chi connectivity index (χ2v) is 6.92. The summed E-state index contributed by atoms with van der Waals surface area (Å²) in [6.45, 7) is 5.17. The lowest BCUT2D eigenvalue weighted by atomic mass is 10.1. The van der Waals surface area contributed by atoms with Crippen molar-refractivity contribution in [2.75, 3.05) is 25.1 Å². The molecule has 0 aromatic rings. The fraction of sp³-hybridized carbons (Fsp3) is 0.889. The number of nitrogens with one attached hydrogen (secondary N) is 2. The molecule has 2 N–H and O–H groups in total. The van der Waals surface area contributed by atoms with Gasteiger partial charge in [-0.05, 0) is 12.8 Å². The van der Waals surface area contributed by atoms with E-state index in [2.05, 4.69) is 28.9 Å². The first-order valence-corrected chi connectivity index (χ1v) is 8.14. The average molecular weight is 265 g/mol. The summed E-state index contributed by atoms with van der Waals surface area (Å²) in [5.41, 5.74) is 0. The van der Waals surface area contributed by atoms with Crippen molar-refractivity contribution in [2.45, 2.75) is 19.9 Å². The van der Waals surface area contributed by atoms with Crippen molar-refractivity contribution in [2.24, 2.45) is 10.9 Å². The molecule has 0 aromatic carbocycles. The van der Waals surface area contributed by atoms with Crippen LogP contribution in [0.25, 0.3) is 0 Å². The molecule has 0 aliphatic carbocycles. The quantitative estimate of drug-likeness (QED) is 0.715. The lowest BCUT2D eigenvalue weighted by Gasteiger charge is -2.28. The Labute approximate surface area is 102 Å². The van der Waals surface area contributed by atoms with Gasteiger partial charge in [-0.3, -0.25) is 4.99 Å². The van der Waals surface area contributed by atoms with Crippen molar-refractivity contribution in [3.8, 4) is 0 Å². The van der Waals surface area contributed by atoms with Crippen molar-refractivity contribution < 1.29 is 8.42 Å². The molecule has 0 spiro atoms. The van der Waals surface area contributed by atoms with Gasteiger partial charge in [0.15, 0.2) is 5.17 Å². The number of rotatable bonds is 4. The van der Waals surface area contributed by atoms with E-state index in [-0.39, 0.29) is 0 Å². The fourth-order valence-corrected chi connectivity index (χ4v) is 2.84. The van der Waals surface area contributed by atoms with E-state index < -0.39 is 10.0 Å². The van der Waals surface area contributed by atoms with Crippen LogP contribution in [-0.4, -0.2) is 44.7 Å². The van der Waals surface area contributed by atoms with Gasteiger partial charge in [0.25, 0.3) is 0 Å². The first kappa shape index (κ1) is 13.8. The van der Waals surface area contributed by atoms with Gasteiger partial charge in [-0.1, -0.05) is 18.7 Å². The van der Waals surface area contributed by atoms with Crippen molar-refractivity contribution in [3.05, 3.63) is 0 Å². The van der Waals surface area contributed by atoms with E-state index in [1.165, 1.54) is 0 Å². The van der Waals surface area contributed by atoms with Gasteiger partial charge in [0.1, 0.15) is 0 Å². The fourth-order valence-electron chi connectivity index (χ4n) is 1.21. The lowest BCUT2D eigenvalue weighted by molar-refractivity contribution is 0.490. The summed E-state index contributed by atoms with van der Waals surface area (Å²) < 4.78 is 24.0. The van der Waals surface area contributed by atoms with Gasteiger partial charge >= 0.3 is 0 Å². The van der Waals surface area contributed by atoms with Crippen LogP contribution in [0, 0.1) is 5.92 Å². The molecular weight excluding hydrogens is 246 g/mol. The molecule has 1 saturated heterocycles. The first-order valence-electron chi connectivity index (χ1n) is 5.27. The van der Waals surface area contributed by atoms with E-state index in [4.69, 9.17) is 0 Å². The highest BCUT2D eigenvalue weighted by atomic mass is 32.2. The van der Waals surface area contributed by atoms with Gasteiger partial charge in [-0.15, -0.1) is 0 Å². The predicted octanol–water partition coefficient (Wildman–Crippen LogP) is 0.253. The Morgan fingerprint density at radius 3 is 2.81 bits per heavy atom. The SMILES string of the molecule is CC1CSC(=NCCNS(C)(=O)=O)NC1C. The molecular formula is C9H19N3O2S2. The maximum absolute atomic E-state index is 10.8. The van der Waals surface area contributed by atoms with Crippen LogP contribution >= 0.6 is 11.8 Å². The van der Waals surface area contributed by atoms with E-state index in [9.17, 15) is 8.42 Å². The van der Waals surface area contributed by atoms with Crippen molar-refractivity contribution in [1.29, 1.82) is 0 Å². The Hall–Kier alpha value is -0.270. The maximum Gasteiger partial charge on any atom is 0.208 e. The number of hydrogen-bond donors (Lipinski definition) is 2. The highest BCUT2D eigenvalue weighted by Gasteiger charge is 2.20. The maximum atomic E-state index is 10.8. The van der Waals surface area contributed by atoms with Crippen LogP contribution in [-0.2, 0) is 10.0 Å². The predicted molar refractivity (Wildman–Crippen MR) is 69.4 cm³/mol. The second kappa shape index (κ2) is 5.88. The van der Waals surface area contributed by atoms with E-state index in [0.29, 0.717) is 25.0 Å². The topological polar surface area (TPSA) is 70.6 Å². The highest BCUT2D eigenvalue weighted by Crippen LogP contribution is 2.18. The molecule has 7 heteroatoms. The molecule has 2 atom stereocenters. The summed E-state index contributed by atoms with van der Waals surface area (Å²) in [6, 6.07) is 0.433. The smallest absolute Gasteiger partial charge is 0.208 e. The van der Waals surface area contributed by atoms with E-state index >= 15 is 0 Å². The summed E-state index contributed by atoms with van der Waals surface area (Å²) >= 11 is 1.69. The Bertz CT molecular complexity index is 354. The molecule has 0 amide bonds. The minimum absolute atomic E-state index is 0.356. The minimum atomic E-state index is -3.09. The molecule has 1 aliphatic heterocycles. The van der Waals surface area contributed by atoms with Crippen molar-refractivity contribution in [1.82, 2.24) is 10.0 Å². The number of sulfonamides is 1. The Morgan fingerprint density at radius 1 is 1.56 bits per heavy atom. The third-order valence-electron chi connectivity index (χ3n) is 2.42. The molecule has 5 nitrogen and oxygen atoms in total. The normalized spacial score (nSPS) is 29.1. The first-order chi connectivity index (χ1) is 7.38. The number of amidine groups is 1.